The average molecular weight is 639 g/mol. The highest BCUT2D eigenvalue weighted by molar-refractivity contribution is 5.97. The summed E-state index contributed by atoms with van der Waals surface area (Å²) in [6.45, 7) is 4.39. The van der Waals surface area contributed by atoms with Gasteiger partial charge >= 0.3 is 0 Å². The topological polar surface area (TPSA) is 129 Å². The summed E-state index contributed by atoms with van der Waals surface area (Å²) in [4.78, 5) is 26.5. The van der Waals surface area contributed by atoms with Crippen molar-refractivity contribution in [3.05, 3.63) is 130 Å². The van der Waals surface area contributed by atoms with E-state index in [4.69, 9.17) is 9.47 Å². The van der Waals surface area contributed by atoms with Gasteiger partial charge in [0.15, 0.2) is 12.1 Å². The molecule has 1 heterocycles. The number of phenolic OH excluding ortho intramolecular Hbond substituents is 1. The molecule has 5 atom stereocenters. The van der Waals surface area contributed by atoms with Crippen molar-refractivity contribution in [1.29, 1.82) is 0 Å². The first-order chi connectivity index (χ1) is 22.6. The van der Waals surface area contributed by atoms with Gasteiger partial charge in [0.25, 0.3) is 0 Å². The van der Waals surface area contributed by atoms with Crippen LogP contribution in [0.2, 0.25) is 0 Å². The minimum absolute atomic E-state index is 0.0444. The maximum atomic E-state index is 12.8. The quantitative estimate of drug-likeness (QED) is 0.145. The van der Waals surface area contributed by atoms with Gasteiger partial charge in [-0.25, -0.2) is 0 Å². The minimum atomic E-state index is -0.789. The Balaban J connectivity index is 1.29. The zero-order valence-corrected chi connectivity index (χ0v) is 26.9. The Labute approximate surface area is 275 Å². The molecule has 0 spiro atoms. The molecule has 0 aliphatic carbocycles. The molecule has 5 unspecified atom stereocenters. The Morgan fingerprint density at radius 3 is 2.26 bits per heavy atom. The number of amides is 1. The van der Waals surface area contributed by atoms with Crippen LogP contribution < -0.4 is 5.32 Å². The fourth-order valence-corrected chi connectivity index (χ4v) is 5.84. The van der Waals surface area contributed by atoms with Crippen molar-refractivity contribution in [3.8, 4) is 5.75 Å². The van der Waals surface area contributed by atoms with E-state index in [1.165, 1.54) is 6.92 Å². The van der Waals surface area contributed by atoms with Gasteiger partial charge in [0.05, 0.1) is 31.3 Å². The first kappa shape index (κ1) is 34.0. The molecule has 0 radical (unpaired) electrons. The number of phenols is 1. The van der Waals surface area contributed by atoms with Crippen LogP contribution in [-0.4, -0.2) is 58.2 Å². The van der Waals surface area contributed by atoms with Crippen LogP contribution in [0.3, 0.4) is 0 Å². The number of carbonyl (C=O) groups excluding carboxylic acids is 2. The van der Waals surface area contributed by atoms with Crippen LogP contribution in [-0.2, 0) is 27.3 Å². The van der Waals surface area contributed by atoms with Crippen LogP contribution in [0.15, 0.2) is 97.1 Å². The molecule has 4 N–H and O–H groups in total. The number of hydrogen-bond donors (Lipinski definition) is 4. The van der Waals surface area contributed by atoms with Gasteiger partial charge in [0.2, 0.25) is 5.91 Å². The molecule has 0 bridgehead atoms. The second-order valence-electron chi connectivity index (χ2n) is 12.3. The molecule has 1 amide bonds. The normalized spacial score (nSPS) is 20.1. The van der Waals surface area contributed by atoms with Gasteiger partial charge in [-0.1, -0.05) is 79.7 Å². The lowest BCUT2D eigenvalue weighted by molar-refractivity contribution is -0.276. The summed E-state index contributed by atoms with van der Waals surface area (Å²) in [5.41, 5.74) is 5.14. The summed E-state index contributed by atoms with van der Waals surface area (Å²) < 4.78 is 13.1. The van der Waals surface area contributed by atoms with E-state index in [1.54, 1.807) is 48.5 Å². The lowest BCUT2D eigenvalue weighted by Gasteiger charge is -2.42. The van der Waals surface area contributed by atoms with Crippen molar-refractivity contribution in [2.24, 2.45) is 5.92 Å². The number of likely N-dealkylation sites (N-methyl/N-ethyl adjacent to an activating group) is 1. The summed E-state index contributed by atoms with van der Waals surface area (Å²) in [5, 5.41) is 33.1. The Hall–Kier alpha value is -4.38. The molecule has 0 aromatic heterocycles. The lowest BCUT2D eigenvalue weighted by Crippen LogP contribution is -2.44. The molecule has 5 rings (SSSR count). The van der Waals surface area contributed by atoms with E-state index >= 15 is 0 Å². The number of hydrogen-bond acceptors (Lipinski definition) is 8. The van der Waals surface area contributed by atoms with Crippen molar-refractivity contribution in [1.82, 2.24) is 4.90 Å². The fourth-order valence-electron chi connectivity index (χ4n) is 5.84. The molecule has 9 heteroatoms. The smallest absolute Gasteiger partial charge is 0.228 e. The fraction of sp³-hybridized carbons (Fsp3) is 0.316. The van der Waals surface area contributed by atoms with Crippen molar-refractivity contribution >= 4 is 17.4 Å². The highest BCUT2D eigenvalue weighted by Gasteiger charge is 2.39. The Morgan fingerprint density at radius 2 is 1.57 bits per heavy atom. The van der Waals surface area contributed by atoms with E-state index in [0.717, 1.165) is 22.3 Å². The average Bonchev–Trinajstić information content (AvgIpc) is 3.06. The first-order valence-corrected chi connectivity index (χ1v) is 15.8. The van der Waals surface area contributed by atoms with E-state index in [0.29, 0.717) is 29.9 Å². The molecule has 1 saturated heterocycles. The van der Waals surface area contributed by atoms with E-state index in [1.807, 2.05) is 60.5 Å². The Kier molecular flexibility index (Phi) is 11.2. The Bertz CT molecular complexity index is 1660. The van der Waals surface area contributed by atoms with Crippen LogP contribution >= 0.6 is 0 Å². The molecule has 1 fully saturated rings. The number of nitrogens with one attached hydrogen (secondary N) is 1. The predicted molar refractivity (Wildman–Crippen MR) is 179 cm³/mol. The number of carbonyl (C=O) groups is 2. The van der Waals surface area contributed by atoms with E-state index in [-0.39, 0.29) is 48.6 Å². The zero-order valence-electron chi connectivity index (χ0n) is 26.9. The van der Waals surface area contributed by atoms with E-state index in [2.05, 4.69) is 12.2 Å². The van der Waals surface area contributed by atoms with Crippen LogP contribution in [0.1, 0.15) is 70.5 Å². The summed E-state index contributed by atoms with van der Waals surface area (Å²) in [6, 6.07) is 28.8. The van der Waals surface area contributed by atoms with E-state index in [9.17, 15) is 24.9 Å². The van der Waals surface area contributed by atoms with Gasteiger partial charge in [-0.3, -0.25) is 9.59 Å². The van der Waals surface area contributed by atoms with Gasteiger partial charge in [0.1, 0.15) is 5.75 Å². The largest absolute Gasteiger partial charge is 0.508 e. The monoisotopic (exact) mass is 638 g/mol. The van der Waals surface area contributed by atoms with Gasteiger partial charge in [-0.15, -0.1) is 0 Å². The number of nitrogens with zero attached hydrogens (tertiary/aromatic N) is 1. The maximum absolute atomic E-state index is 12.8. The SMILES string of the molecule is CC(=O)c1cccc(NC(=O)Cc2ccc(C3OC(CN(C)CC(O)c4cccc(O)c4)C(C)C(c4ccc(CO)cc4)O3)cc2)c1. The molecular formula is C38H42N2O7. The van der Waals surface area contributed by atoms with Crippen molar-refractivity contribution in [3.63, 3.8) is 0 Å². The molecule has 4 aromatic carbocycles. The summed E-state index contributed by atoms with van der Waals surface area (Å²) in [5.74, 6) is -0.201. The van der Waals surface area contributed by atoms with Crippen LogP contribution in [0.4, 0.5) is 5.69 Å². The lowest BCUT2D eigenvalue weighted by atomic mass is 9.90. The molecule has 47 heavy (non-hydrogen) atoms. The number of aliphatic hydroxyl groups excluding tert-OH is 2. The molecule has 9 nitrogen and oxygen atoms in total. The number of ketones is 1. The number of rotatable bonds is 12. The van der Waals surface area contributed by atoms with Gasteiger partial charge < -0.3 is 35.0 Å². The number of aromatic hydroxyl groups is 1. The van der Waals surface area contributed by atoms with Crippen LogP contribution in [0, 0.1) is 5.92 Å². The second kappa shape index (κ2) is 15.5. The van der Waals surface area contributed by atoms with Gasteiger partial charge in [0, 0.05) is 35.8 Å². The molecule has 0 saturated carbocycles. The van der Waals surface area contributed by atoms with Crippen molar-refractivity contribution in [2.45, 2.75) is 51.5 Å². The summed E-state index contributed by atoms with van der Waals surface area (Å²) in [6.07, 6.45) is -1.87. The molecule has 246 valence electrons. The number of anilines is 1. The first-order valence-electron chi connectivity index (χ1n) is 15.8. The third-order valence-electron chi connectivity index (χ3n) is 8.52. The molecule has 1 aliphatic heterocycles. The number of Topliss-reactive ketones (excluding diaryl/α,β-unsaturated/α-hetero) is 1. The Morgan fingerprint density at radius 1 is 0.894 bits per heavy atom. The third-order valence-corrected chi connectivity index (χ3v) is 8.52. The maximum Gasteiger partial charge on any atom is 0.228 e. The highest BCUT2D eigenvalue weighted by atomic mass is 16.7. The van der Waals surface area contributed by atoms with Crippen molar-refractivity contribution in [2.75, 3.05) is 25.5 Å². The predicted octanol–water partition coefficient (Wildman–Crippen LogP) is 5.73. The number of ether oxygens (including phenoxy) is 2. The summed E-state index contributed by atoms with van der Waals surface area (Å²) in [7, 11) is 1.92. The number of aliphatic hydroxyl groups is 2. The van der Waals surface area contributed by atoms with Crippen LogP contribution in [0.25, 0.3) is 0 Å². The zero-order chi connectivity index (χ0) is 33.5. The van der Waals surface area contributed by atoms with E-state index < -0.39 is 12.4 Å². The third kappa shape index (κ3) is 8.91. The molecular weight excluding hydrogens is 596 g/mol. The van der Waals surface area contributed by atoms with Gasteiger partial charge in [-0.05, 0) is 60.5 Å². The second-order valence-corrected chi connectivity index (χ2v) is 12.3. The summed E-state index contributed by atoms with van der Waals surface area (Å²) >= 11 is 0. The number of benzene rings is 4. The molecule has 1 aliphatic rings. The molecule has 4 aromatic rings. The minimum Gasteiger partial charge on any atom is -0.508 e. The van der Waals surface area contributed by atoms with Gasteiger partial charge in [-0.2, -0.15) is 0 Å². The highest BCUT2D eigenvalue weighted by Crippen LogP contribution is 2.42. The standard InChI is InChI=1S/C38H42N2O7/c1-24-35(22-40(3)21-34(44)31-7-5-9-33(43)20-31)46-38(47-37(24)28-14-12-27(23-41)13-15-28)29-16-10-26(11-17-29)18-36(45)39-32-8-4-6-30(19-32)25(2)42/h4-17,19-20,24,34-35,37-38,41,43-44H,18,21-23H2,1-3H3,(H,39,45). The van der Waals surface area contributed by atoms with Crippen LogP contribution in [0.5, 0.6) is 5.75 Å². The van der Waals surface area contributed by atoms with Crippen molar-refractivity contribution < 1.29 is 34.4 Å².